The molecule has 0 spiro atoms. The topological polar surface area (TPSA) is 67.9 Å². The Labute approximate surface area is 187 Å². The van der Waals surface area contributed by atoms with Crippen LogP contribution in [0.15, 0.2) is 42.5 Å². The number of piperidine rings is 1. The van der Waals surface area contributed by atoms with Crippen molar-refractivity contribution in [3.05, 3.63) is 58.6 Å². The summed E-state index contributed by atoms with van der Waals surface area (Å²) in [5.74, 6) is 1.36. The molecule has 2 aromatic carbocycles. The number of amides is 2. The van der Waals surface area contributed by atoms with Crippen LogP contribution in [0, 0.1) is 5.92 Å². The molecular formula is C24H27ClN2O4. The minimum absolute atomic E-state index is 0.0110. The average Bonchev–Trinajstić information content (AvgIpc) is 3.60. The molecule has 2 fully saturated rings. The number of carbonyl (C=O) groups is 2. The summed E-state index contributed by atoms with van der Waals surface area (Å²) in [5.41, 5.74) is 1.57. The molecule has 0 bridgehead atoms. The molecule has 0 radical (unpaired) electrons. The van der Waals surface area contributed by atoms with Crippen molar-refractivity contribution in [2.24, 2.45) is 5.92 Å². The standard InChI is InChI=1S/C24H27ClN2O4/c1-30-16-7-8-18(22(13-16)31-2)24(29)27-11-9-15(10-12-27)26-23(28)20-14-19(20)17-5-3-4-6-21(17)25/h3-8,13,15,19-20H,9-12,14H2,1-2H3,(H,26,28). The zero-order valence-corrected chi connectivity index (χ0v) is 18.5. The normalized spacial score (nSPS) is 20.8. The van der Waals surface area contributed by atoms with Crippen LogP contribution in [-0.4, -0.2) is 50.1 Å². The van der Waals surface area contributed by atoms with E-state index >= 15 is 0 Å². The minimum Gasteiger partial charge on any atom is -0.497 e. The Kier molecular flexibility index (Phi) is 6.37. The van der Waals surface area contributed by atoms with E-state index in [1.165, 1.54) is 0 Å². The largest absolute Gasteiger partial charge is 0.497 e. The van der Waals surface area contributed by atoms with E-state index in [1.54, 1.807) is 32.4 Å². The fourth-order valence-electron chi connectivity index (χ4n) is 4.28. The smallest absolute Gasteiger partial charge is 0.257 e. The molecule has 1 N–H and O–H groups in total. The number of hydrogen-bond acceptors (Lipinski definition) is 4. The monoisotopic (exact) mass is 442 g/mol. The Morgan fingerprint density at radius 1 is 1.06 bits per heavy atom. The quantitative estimate of drug-likeness (QED) is 0.737. The molecule has 7 heteroatoms. The van der Waals surface area contributed by atoms with E-state index in [-0.39, 0.29) is 29.7 Å². The molecule has 31 heavy (non-hydrogen) atoms. The molecule has 2 aromatic rings. The summed E-state index contributed by atoms with van der Waals surface area (Å²) < 4.78 is 10.6. The Morgan fingerprint density at radius 2 is 1.81 bits per heavy atom. The maximum absolute atomic E-state index is 13.0. The van der Waals surface area contributed by atoms with Crippen LogP contribution in [0.1, 0.15) is 41.1 Å². The van der Waals surface area contributed by atoms with Crippen molar-refractivity contribution >= 4 is 23.4 Å². The van der Waals surface area contributed by atoms with E-state index in [4.69, 9.17) is 21.1 Å². The van der Waals surface area contributed by atoms with Crippen LogP contribution in [0.5, 0.6) is 11.5 Å². The maximum atomic E-state index is 13.0. The molecule has 1 aliphatic carbocycles. The third-order valence-electron chi connectivity index (χ3n) is 6.20. The summed E-state index contributed by atoms with van der Waals surface area (Å²) in [6.07, 6.45) is 2.31. The van der Waals surface area contributed by atoms with Gasteiger partial charge in [-0.3, -0.25) is 9.59 Å². The van der Waals surface area contributed by atoms with E-state index in [0.29, 0.717) is 30.2 Å². The zero-order chi connectivity index (χ0) is 22.0. The first kappa shape index (κ1) is 21.5. The molecule has 2 aliphatic rings. The summed E-state index contributed by atoms with van der Waals surface area (Å²) >= 11 is 6.27. The highest BCUT2D eigenvalue weighted by Gasteiger charge is 2.45. The number of likely N-dealkylation sites (tertiary alicyclic amines) is 1. The van der Waals surface area contributed by atoms with E-state index < -0.39 is 0 Å². The Balaban J connectivity index is 1.30. The van der Waals surface area contributed by atoms with Gasteiger partial charge in [0.05, 0.1) is 19.8 Å². The number of methoxy groups -OCH3 is 2. The molecule has 1 saturated heterocycles. The van der Waals surface area contributed by atoms with Crippen molar-refractivity contribution in [2.45, 2.75) is 31.2 Å². The maximum Gasteiger partial charge on any atom is 0.257 e. The van der Waals surface area contributed by atoms with Crippen LogP contribution < -0.4 is 14.8 Å². The Hall–Kier alpha value is -2.73. The second kappa shape index (κ2) is 9.18. The van der Waals surface area contributed by atoms with Gasteiger partial charge in [0.2, 0.25) is 5.91 Å². The predicted molar refractivity (Wildman–Crippen MR) is 119 cm³/mol. The van der Waals surface area contributed by atoms with Gasteiger partial charge in [0.15, 0.2) is 0 Å². The van der Waals surface area contributed by atoms with E-state index in [1.807, 2.05) is 29.2 Å². The molecule has 6 nitrogen and oxygen atoms in total. The first-order chi connectivity index (χ1) is 15.0. The molecule has 2 unspecified atom stereocenters. The van der Waals surface area contributed by atoms with Crippen molar-refractivity contribution < 1.29 is 19.1 Å². The van der Waals surface area contributed by atoms with Crippen molar-refractivity contribution in [3.8, 4) is 11.5 Å². The number of nitrogens with one attached hydrogen (secondary N) is 1. The molecule has 0 aromatic heterocycles. The summed E-state index contributed by atoms with van der Waals surface area (Å²) in [7, 11) is 3.12. The van der Waals surface area contributed by atoms with Crippen molar-refractivity contribution in [1.82, 2.24) is 10.2 Å². The SMILES string of the molecule is COc1ccc(C(=O)N2CCC(NC(=O)C3CC3c3ccccc3Cl)CC2)c(OC)c1. The highest BCUT2D eigenvalue weighted by atomic mass is 35.5. The zero-order valence-electron chi connectivity index (χ0n) is 17.8. The van der Waals surface area contributed by atoms with Gasteiger partial charge in [0.25, 0.3) is 5.91 Å². The number of rotatable bonds is 6. The van der Waals surface area contributed by atoms with Gasteiger partial charge in [-0.05, 0) is 48.9 Å². The lowest BCUT2D eigenvalue weighted by molar-refractivity contribution is -0.123. The van der Waals surface area contributed by atoms with Gasteiger partial charge in [0.1, 0.15) is 11.5 Å². The lowest BCUT2D eigenvalue weighted by Crippen LogP contribution is -2.47. The third kappa shape index (κ3) is 4.64. The van der Waals surface area contributed by atoms with Gasteiger partial charge in [-0.1, -0.05) is 29.8 Å². The van der Waals surface area contributed by atoms with Gasteiger partial charge in [-0.25, -0.2) is 0 Å². The molecule has 2 atom stereocenters. The molecule has 4 rings (SSSR count). The van der Waals surface area contributed by atoms with Crippen LogP contribution in [0.3, 0.4) is 0 Å². The van der Waals surface area contributed by atoms with E-state index in [9.17, 15) is 9.59 Å². The molecule has 2 amide bonds. The number of ether oxygens (including phenoxy) is 2. The van der Waals surface area contributed by atoms with Crippen LogP contribution in [-0.2, 0) is 4.79 Å². The second-order valence-electron chi connectivity index (χ2n) is 8.11. The number of hydrogen-bond donors (Lipinski definition) is 1. The third-order valence-corrected chi connectivity index (χ3v) is 6.54. The minimum atomic E-state index is -0.0646. The predicted octanol–water partition coefficient (Wildman–Crippen LogP) is 3.88. The summed E-state index contributed by atoms with van der Waals surface area (Å²) in [5, 5.41) is 3.90. The average molecular weight is 443 g/mol. The fourth-order valence-corrected chi connectivity index (χ4v) is 4.56. The van der Waals surface area contributed by atoms with Crippen molar-refractivity contribution in [2.75, 3.05) is 27.3 Å². The fraction of sp³-hybridized carbons (Fsp3) is 0.417. The molecule has 1 heterocycles. The first-order valence-electron chi connectivity index (χ1n) is 10.6. The number of carbonyl (C=O) groups excluding carboxylic acids is 2. The molecule has 1 saturated carbocycles. The number of halogens is 1. The molecule has 164 valence electrons. The highest BCUT2D eigenvalue weighted by Crippen LogP contribution is 2.49. The lowest BCUT2D eigenvalue weighted by atomic mass is 10.0. The van der Waals surface area contributed by atoms with Crippen LogP contribution in [0.4, 0.5) is 0 Å². The molecular weight excluding hydrogens is 416 g/mol. The van der Waals surface area contributed by atoms with Crippen LogP contribution in [0.2, 0.25) is 5.02 Å². The summed E-state index contributed by atoms with van der Waals surface area (Å²) in [4.78, 5) is 27.5. The second-order valence-corrected chi connectivity index (χ2v) is 8.52. The van der Waals surface area contributed by atoms with Crippen LogP contribution >= 0.6 is 11.6 Å². The Morgan fingerprint density at radius 3 is 2.48 bits per heavy atom. The van der Waals surface area contributed by atoms with Gasteiger partial charge in [-0.15, -0.1) is 0 Å². The van der Waals surface area contributed by atoms with E-state index in [0.717, 1.165) is 29.8 Å². The van der Waals surface area contributed by atoms with Gasteiger partial charge in [0, 0.05) is 36.1 Å². The molecule has 1 aliphatic heterocycles. The number of benzene rings is 2. The van der Waals surface area contributed by atoms with Gasteiger partial charge >= 0.3 is 0 Å². The first-order valence-corrected chi connectivity index (χ1v) is 11.0. The van der Waals surface area contributed by atoms with E-state index in [2.05, 4.69) is 5.32 Å². The summed E-state index contributed by atoms with van der Waals surface area (Å²) in [6, 6.07) is 13.0. The highest BCUT2D eigenvalue weighted by molar-refractivity contribution is 6.31. The van der Waals surface area contributed by atoms with Gasteiger partial charge in [-0.2, -0.15) is 0 Å². The van der Waals surface area contributed by atoms with Crippen molar-refractivity contribution in [1.29, 1.82) is 0 Å². The van der Waals surface area contributed by atoms with Gasteiger partial charge < -0.3 is 19.7 Å². The lowest BCUT2D eigenvalue weighted by Gasteiger charge is -2.32. The van der Waals surface area contributed by atoms with Crippen LogP contribution in [0.25, 0.3) is 0 Å². The van der Waals surface area contributed by atoms with Crippen molar-refractivity contribution in [3.63, 3.8) is 0 Å². The Bertz CT molecular complexity index is 972. The number of nitrogens with zero attached hydrogens (tertiary/aromatic N) is 1. The summed E-state index contributed by atoms with van der Waals surface area (Å²) in [6.45, 7) is 1.19.